The van der Waals surface area contributed by atoms with Gasteiger partial charge in [-0.3, -0.25) is 0 Å². The van der Waals surface area contributed by atoms with Gasteiger partial charge in [0.15, 0.2) is 18.9 Å². The van der Waals surface area contributed by atoms with Crippen molar-refractivity contribution in [2.45, 2.75) is 204 Å². The van der Waals surface area contributed by atoms with Gasteiger partial charge >= 0.3 is 0 Å². The molecule has 0 amide bonds. The molecule has 3 aliphatic heterocycles. The Morgan fingerprint density at radius 1 is 0.576 bits per heavy atom. The maximum absolute atomic E-state index is 12.1. The van der Waals surface area contributed by atoms with Crippen LogP contribution in [0.1, 0.15) is 99.8 Å². The van der Waals surface area contributed by atoms with E-state index >= 15 is 0 Å². The van der Waals surface area contributed by atoms with Crippen molar-refractivity contribution in [1.82, 2.24) is 0 Å². The van der Waals surface area contributed by atoms with Crippen LogP contribution in [0.3, 0.4) is 0 Å². The van der Waals surface area contributed by atoms with Gasteiger partial charge in [-0.15, -0.1) is 0 Å². The zero-order valence-electron chi connectivity index (χ0n) is 39.4. The molecule has 0 aromatic heterocycles. The molecule has 4 saturated carbocycles. The summed E-state index contributed by atoms with van der Waals surface area (Å²) in [7, 11) is 0. The predicted molar refractivity (Wildman–Crippen MR) is 231 cm³/mol. The fourth-order valence-electron chi connectivity index (χ4n) is 14.5. The number of ether oxygens (including phenoxy) is 6. The maximum Gasteiger partial charge on any atom is 0.187 e. The van der Waals surface area contributed by atoms with Gasteiger partial charge in [0.05, 0.1) is 44.7 Å². The summed E-state index contributed by atoms with van der Waals surface area (Å²) >= 11 is 0. The normalized spacial score (nSPS) is 54.8. The van der Waals surface area contributed by atoms with Crippen LogP contribution in [0.2, 0.25) is 0 Å². The lowest BCUT2D eigenvalue weighted by Crippen LogP contribution is -2.68. The van der Waals surface area contributed by atoms with E-state index < -0.39 is 139 Å². The van der Waals surface area contributed by atoms with E-state index in [9.17, 15) is 61.3 Å². The maximum atomic E-state index is 12.1. The number of fused-ring (bicyclic) bond motifs is 7. The summed E-state index contributed by atoms with van der Waals surface area (Å²) in [5.74, 6) is -0.113. The summed E-state index contributed by atoms with van der Waals surface area (Å²) in [5, 5.41) is 131. The summed E-state index contributed by atoms with van der Waals surface area (Å²) in [4.78, 5) is 0. The molecule has 18 heteroatoms. The van der Waals surface area contributed by atoms with Crippen molar-refractivity contribution in [3.05, 3.63) is 23.3 Å². The molecule has 5 aliphatic carbocycles. The molecular formula is C48H78O18. The Balaban J connectivity index is 1.12. The van der Waals surface area contributed by atoms with Crippen LogP contribution >= 0.6 is 0 Å². The molecule has 8 rings (SSSR count). The van der Waals surface area contributed by atoms with Crippen LogP contribution in [-0.2, 0) is 28.4 Å². The van der Waals surface area contributed by atoms with Gasteiger partial charge in [0.25, 0.3) is 0 Å². The first-order chi connectivity index (χ1) is 30.9. The highest BCUT2D eigenvalue weighted by molar-refractivity contribution is 5.46. The highest BCUT2D eigenvalue weighted by Gasteiger charge is 2.69. The fraction of sp³-hybridized carbons (Fsp3) is 0.917. The zero-order chi connectivity index (χ0) is 48.3. The quantitative estimate of drug-likeness (QED) is 0.123. The molecule has 7 fully saturated rings. The van der Waals surface area contributed by atoms with Crippen LogP contribution in [0.5, 0.6) is 0 Å². The Morgan fingerprint density at radius 2 is 1.17 bits per heavy atom. The van der Waals surface area contributed by atoms with E-state index in [1.54, 1.807) is 6.92 Å². The van der Waals surface area contributed by atoms with E-state index in [-0.39, 0.29) is 35.9 Å². The van der Waals surface area contributed by atoms with E-state index in [0.717, 1.165) is 25.7 Å². The Morgan fingerprint density at radius 3 is 1.73 bits per heavy atom. The molecule has 3 saturated heterocycles. The molecule has 18 nitrogen and oxygen atoms in total. The molecule has 0 aromatic carbocycles. The van der Waals surface area contributed by atoms with Crippen molar-refractivity contribution in [3.8, 4) is 0 Å². The summed E-state index contributed by atoms with van der Waals surface area (Å²) in [6.45, 7) is 13.1. The molecule has 24 atom stereocenters. The monoisotopic (exact) mass is 943 g/mol. The lowest BCUT2D eigenvalue weighted by atomic mass is 9.35. The smallest absolute Gasteiger partial charge is 0.187 e. The van der Waals surface area contributed by atoms with Gasteiger partial charge in [-0.25, -0.2) is 0 Å². The SMILES string of the molecule is C[C@H]1O[C@@H](O[C@H]2CC[C@]3(C)C4=CC=C5[C@H]6CC(C)(C)CC[C@]6(CO)[C@@H](O)C[C@@]5(C)[C@]4(C)CC[C@H]3[C@]2(C)CO)[C@H](O[C@@H]2O[C@H](CO)[C@@H](O)[C@H](O)[C@H]2O)[C@@H](O[C@@H]2O[C@H](CO)[C@@H](O)[C@H](O)[C@H]2O)[C@H]1O. The molecule has 0 bridgehead atoms. The number of aliphatic hydroxyl groups excluding tert-OH is 12. The van der Waals surface area contributed by atoms with E-state index in [1.165, 1.54) is 11.1 Å². The summed E-state index contributed by atoms with van der Waals surface area (Å²) < 4.78 is 37.1. The Bertz CT molecular complexity index is 1810. The molecule has 0 aromatic rings. The van der Waals surface area contributed by atoms with Crippen LogP contribution in [0.4, 0.5) is 0 Å². The summed E-state index contributed by atoms with van der Waals surface area (Å²) in [5.41, 5.74) is -0.0763. The highest BCUT2D eigenvalue weighted by atomic mass is 16.8. The average Bonchev–Trinajstić information content (AvgIpc) is 3.27. The topological polar surface area (TPSA) is 298 Å². The standard InChI is InChI=1S/C48H78O18/c1-22-31(54)38(65-40-36(59)34(57)32(55)25(18-49)62-40)39(66-41-37(60)35(58)33(56)26(19-50)63-41)42(61-22)64-30-11-12-44(4)27(45(30,5)20-51)10-13-46(6)28(44)9-8-23-24-16-43(2,3)14-15-48(24,21-52)29(53)17-47(23,46)7/h8-9,22,24-27,29-42,49-60H,10-21H2,1-7H3/t22-,24-,25-,26-,27-,29+,30+,31+,32-,33-,34+,35+,36-,37-,38+,39-,40+,41+,42+,44+,45+,46-,47-,48-/m1/s1. The number of hydrogen-bond donors (Lipinski definition) is 12. The predicted octanol–water partition coefficient (Wildman–Crippen LogP) is -0.495. The third kappa shape index (κ3) is 7.75. The molecular weight excluding hydrogens is 865 g/mol. The second-order valence-electron chi connectivity index (χ2n) is 23.0. The van der Waals surface area contributed by atoms with Gasteiger partial charge < -0.3 is 89.7 Å². The number of hydrogen-bond acceptors (Lipinski definition) is 18. The minimum absolute atomic E-state index is 0.0232. The van der Waals surface area contributed by atoms with Crippen molar-refractivity contribution in [2.24, 2.45) is 44.3 Å². The molecule has 378 valence electrons. The van der Waals surface area contributed by atoms with Gasteiger partial charge in [0, 0.05) is 16.2 Å². The van der Waals surface area contributed by atoms with Crippen molar-refractivity contribution in [2.75, 3.05) is 26.4 Å². The fourth-order valence-corrected chi connectivity index (χ4v) is 14.5. The highest BCUT2D eigenvalue weighted by Crippen LogP contribution is 2.74. The van der Waals surface area contributed by atoms with Gasteiger partial charge in [-0.05, 0) is 86.4 Å². The van der Waals surface area contributed by atoms with Crippen LogP contribution in [-0.4, -0.2) is 192 Å². The second kappa shape index (κ2) is 18.1. The summed E-state index contributed by atoms with van der Waals surface area (Å²) in [6.07, 6.45) is -15.6. The average molecular weight is 943 g/mol. The van der Waals surface area contributed by atoms with Crippen LogP contribution < -0.4 is 0 Å². The van der Waals surface area contributed by atoms with Crippen molar-refractivity contribution < 1.29 is 89.7 Å². The largest absolute Gasteiger partial charge is 0.396 e. The third-order valence-electron chi connectivity index (χ3n) is 19.0. The zero-order valence-corrected chi connectivity index (χ0v) is 39.4. The van der Waals surface area contributed by atoms with Gasteiger partial charge in [-0.1, -0.05) is 64.8 Å². The lowest BCUT2D eigenvalue weighted by Gasteiger charge is -2.69. The molecule has 66 heavy (non-hydrogen) atoms. The molecule has 12 N–H and O–H groups in total. The van der Waals surface area contributed by atoms with Crippen molar-refractivity contribution in [1.29, 1.82) is 0 Å². The minimum atomic E-state index is -1.89. The number of rotatable bonds is 10. The molecule has 0 unspecified atom stereocenters. The first-order valence-corrected chi connectivity index (χ1v) is 24.2. The molecule has 0 spiro atoms. The molecule has 8 aliphatic rings. The van der Waals surface area contributed by atoms with Crippen molar-refractivity contribution >= 4 is 0 Å². The van der Waals surface area contributed by atoms with Crippen molar-refractivity contribution in [3.63, 3.8) is 0 Å². The van der Waals surface area contributed by atoms with E-state index in [1.807, 2.05) is 6.92 Å². The Hall–Kier alpha value is -1.24. The van der Waals surface area contributed by atoms with E-state index in [2.05, 4.69) is 46.8 Å². The first-order valence-electron chi connectivity index (χ1n) is 24.2. The second-order valence-corrected chi connectivity index (χ2v) is 23.0. The Labute approximate surface area is 387 Å². The van der Waals surface area contributed by atoms with Gasteiger partial charge in [-0.2, -0.15) is 0 Å². The minimum Gasteiger partial charge on any atom is -0.396 e. The Kier molecular flexibility index (Phi) is 14.0. The van der Waals surface area contributed by atoms with Crippen LogP contribution in [0, 0.1) is 44.3 Å². The van der Waals surface area contributed by atoms with Crippen LogP contribution in [0.15, 0.2) is 23.3 Å². The van der Waals surface area contributed by atoms with E-state index in [0.29, 0.717) is 25.7 Å². The third-order valence-corrected chi connectivity index (χ3v) is 19.0. The lowest BCUT2D eigenvalue weighted by molar-refractivity contribution is -0.397. The van der Waals surface area contributed by atoms with E-state index in [4.69, 9.17) is 28.4 Å². The molecule has 0 radical (unpaired) electrons. The van der Waals surface area contributed by atoms with Crippen LogP contribution in [0.25, 0.3) is 0 Å². The first kappa shape index (κ1) is 51.1. The van der Waals surface area contributed by atoms with Gasteiger partial charge in [0.2, 0.25) is 0 Å². The molecule has 3 heterocycles. The summed E-state index contributed by atoms with van der Waals surface area (Å²) in [6, 6.07) is 0. The number of aliphatic hydroxyl groups is 12. The van der Waals surface area contributed by atoms with Gasteiger partial charge in [0.1, 0.15) is 67.1 Å². The number of allylic oxidation sites excluding steroid dienone is 4.